The molecule has 5 heteroatoms. The van der Waals surface area contributed by atoms with Crippen molar-refractivity contribution in [1.82, 2.24) is 9.88 Å². The van der Waals surface area contributed by atoms with Crippen molar-refractivity contribution in [3.8, 4) is 0 Å². The second-order valence-corrected chi connectivity index (χ2v) is 8.05. The van der Waals surface area contributed by atoms with Crippen LogP contribution in [0.1, 0.15) is 55.6 Å². The van der Waals surface area contributed by atoms with Gasteiger partial charge in [-0.2, -0.15) is 0 Å². The molecule has 1 spiro atoms. The zero-order valence-electron chi connectivity index (χ0n) is 13.3. The zero-order chi connectivity index (χ0) is 15.2. The third-order valence-electron chi connectivity index (χ3n) is 5.78. The summed E-state index contributed by atoms with van der Waals surface area (Å²) in [7, 11) is 0. The largest absolute Gasteiger partial charge is 0.392 e. The highest BCUT2D eigenvalue weighted by Crippen LogP contribution is 2.51. The van der Waals surface area contributed by atoms with Crippen LogP contribution in [0.4, 0.5) is 0 Å². The molecule has 0 aromatic carbocycles. The third kappa shape index (κ3) is 2.62. The quantitative estimate of drug-likeness (QED) is 0.905. The number of likely N-dealkylation sites (tertiary alicyclic amines) is 1. The van der Waals surface area contributed by atoms with E-state index in [2.05, 4.69) is 10.3 Å². The summed E-state index contributed by atoms with van der Waals surface area (Å²) < 4.78 is 5.84. The van der Waals surface area contributed by atoms with E-state index in [9.17, 15) is 5.11 Å². The second kappa shape index (κ2) is 5.86. The number of thiazole rings is 1. The van der Waals surface area contributed by atoms with Crippen molar-refractivity contribution >= 4 is 11.3 Å². The van der Waals surface area contributed by atoms with Crippen LogP contribution in [0.2, 0.25) is 0 Å². The Morgan fingerprint density at radius 1 is 1.41 bits per heavy atom. The van der Waals surface area contributed by atoms with Crippen LogP contribution in [-0.2, 0) is 11.3 Å². The first-order valence-corrected chi connectivity index (χ1v) is 9.55. The molecule has 1 N–H and O–H groups in total. The zero-order valence-corrected chi connectivity index (χ0v) is 14.1. The maximum Gasteiger partial charge on any atom is 0.0959 e. The Morgan fingerprint density at radius 3 is 2.82 bits per heavy atom. The lowest BCUT2D eigenvalue weighted by molar-refractivity contribution is -0.209. The van der Waals surface area contributed by atoms with Crippen molar-refractivity contribution in [1.29, 1.82) is 0 Å². The normalized spacial score (nSPS) is 31.4. The molecule has 0 amide bonds. The first kappa shape index (κ1) is 15.1. The number of rotatable bonds is 5. The lowest BCUT2D eigenvalue weighted by atomic mass is 9.58. The number of hydrogen-bond donors (Lipinski definition) is 1. The number of nitrogens with zero attached hydrogens (tertiary/aromatic N) is 2. The first-order valence-electron chi connectivity index (χ1n) is 8.67. The number of aromatic nitrogens is 1. The van der Waals surface area contributed by atoms with E-state index in [0.29, 0.717) is 0 Å². The van der Waals surface area contributed by atoms with Crippen LogP contribution >= 0.6 is 11.3 Å². The van der Waals surface area contributed by atoms with Gasteiger partial charge in [-0.05, 0) is 45.7 Å². The fourth-order valence-electron chi connectivity index (χ4n) is 4.09. The fourth-order valence-corrected chi connectivity index (χ4v) is 5.07. The molecule has 1 saturated heterocycles. The van der Waals surface area contributed by atoms with Crippen LogP contribution in [0.3, 0.4) is 0 Å². The summed E-state index contributed by atoms with van der Waals surface area (Å²) in [5.74, 6) is 0.764. The first-order chi connectivity index (χ1) is 10.7. The van der Waals surface area contributed by atoms with Crippen molar-refractivity contribution < 1.29 is 9.84 Å². The van der Waals surface area contributed by atoms with Gasteiger partial charge in [0.25, 0.3) is 0 Å². The highest BCUT2D eigenvalue weighted by atomic mass is 32.1. The summed E-state index contributed by atoms with van der Waals surface area (Å²) in [6, 6.07) is 0. The molecule has 122 valence electrons. The third-order valence-corrected chi connectivity index (χ3v) is 6.83. The SMILES string of the molecule is CCOC1CC(O)C12CCN(Cc1csc(C3CC3)n1)CC2. The monoisotopic (exact) mass is 322 g/mol. The summed E-state index contributed by atoms with van der Waals surface area (Å²) in [5.41, 5.74) is 1.27. The van der Waals surface area contributed by atoms with Gasteiger partial charge in [0.2, 0.25) is 0 Å². The van der Waals surface area contributed by atoms with Crippen molar-refractivity contribution in [2.75, 3.05) is 19.7 Å². The minimum absolute atomic E-state index is 0.0355. The Morgan fingerprint density at radius 2 is 2.18 bits per heavy atom. The molecule has 2 aliphatic carbocycles. The summed E-state index contributed by atoms with van der Waals surface area (Å²) in [4.78, 5) is 7.29. The fraction of sp³-hybridized carbons (Fsp3) is 0.824. The van der Waals surface area contributed by atoms with E-state index in [-0.39, 0.29) is 17.6 Å². The maximum absolute atomic E-state index is 10.3. The van der Waals surface area contributed by atoms with E-state index >= 15 is 0 Å². The number of aliphatic hydroxyl groups is 1. The van der Waals surface area contributed by atoms with Gasteiger partial charge in [-0.1, -0.05) is 0 Å². The van der Waals surface area contributed by atoms with Gasteiger partial charge in [0.05, 0.1) is 22.9 Å². The van der Waals surface area contributed by atoms with E-state index < -0.39 is 0 Å². The lowest BCUT2D eigenvalue weighted by Gasteiger charge is -2.56. The van der Waals surface area contributed by atoms with Crippen molar-refractivity contribution in [2.24, 2.45) is 5.41 Å². The molecule has 0 radical (unpaired) electrons. The minimum Gasteiger partial charge on any atom is -0.392 e. The average Bonchev–Trinajstić information content (AvgIpc) is 3.28. The van der Waals surface area contributed by atoms with Gasteiger partial charge in [-0.25, -0.2) is 4.98 Å². The van der Waals surface area contributed by atoms with Crippen molar-refractivity contribution in [2.45, 2.75) is 63.7 Å². The van der Waals surface area contributed by atoms with Crippen molar-refractivity contribution in [3.05, 3.63) is 16.1 Å². The van der Waals surface area contributed by atoms with E-state index in [1.54, 1.807) is 0 Å². The molecule has 4 rings (SSSR count). The Kier molecular flexibility index (Phi) is 4.01. The van der Waals surface area contributed by atoms with Crippen LogP contribution in [0.5, 0.6) is 0 Å². The number of piperidine rings is 1. The Hall–Kier alpha value is -0.490. The van der Waals surface area contributed by atoms with E-state index in [1.165, 1.54) is 23.5 Å². The lowest BCUT2D eigenvalue weighted by Crippen LogP contribution is -2.62. The van der Waals surface area contributed by atoms with Gasteiger partial charge in [-0.3, -0.25) is 4.90 Å². The van der Waals surface area contributed by atoms with Crippen LogP contribution in [0.25, 0.3) is 0 Å². The standard InChI is InChI=1S/C17H26N2O2S/c1-2-21-15-9-14(20)17(15)5-7-19(8-6-17)10-13-11-22-16(18-13)12-3-4-12/h11-12,14-15,20H,2-10H2,1H3. The van der Waals surface area contributed by atoms with Gasteiger partial charge in [0.1, 0.15) is 0 Å². The molecule has 2 heterocycles. The average molecular weight is 322 g/mol. The van der Waals surface area contributed by atoms with Gasteiger partial charge >= 0.3 is 0 Å². The maximum atomic E-state index is 10.3. The van der Waals surface area contributed by atoms with Gasteiger partial charge < -0.3 is 9.84 Å². The number of ether oxygens (including phenoxy) is 1. The van der Waals surface area contributed by atoms with Gasteiger partial charge in [0.15, 0.2) is 0 Å². The summed E-state index contributed by atoms with van der Waals surface area (Å²) in [6.45, 7) is 5.88. The molecule has 1 aromatic rings. The Balaban J connectivity index is 1.33. The summed E-state index contributed by atoms with van der Waals surface area (Å²) >= 11 is 1.83. The molecule has 2 saturated carbocycles. The van der Waals surface area contributed by atoms with E-state index in [4.69, 9.17) is 9.72 Å². The number of aliphatic hydroxyl groups excluding tert-OH is 1. The highest BCUT2D eigenvalue weighted by Gasteiger charge is 2.55. The molecular weight excluding hydrogens is 296 g/mol. The molecule has 3 fully saturated rings. The molecule has 1 aromatic heterocycles. The molecule has 22 heavy (non-hydrogen) atoms. The van der Waals surface area contributed by atoms with E-state index in [1.807, 2.05) is 18.3 Å². The van der Waals surface area contributed by atoms with Crippen LogP contribution in [0.15, 0.2) is 5.38 Å². The summed E-state index contributed by atoms with van der Waals surface area (Å²) in [5, 5.41) is 13.8. The molecular formula is C17H26N2O2S. The molecule has 3 aliphatic rings. The molecule has 2 atom stereocenters. The van der Waals surface area contributed by atoms with Crippen LogP contribution in [0, 0.1) is 5.41 Å². The summed E-state index contributed by atoms with van der Waals surface area (Å²) in [6.07, 6.45) is 5.70. The minimum atomic E-state index is -0.160. The smallest absolute Gasteiger partial charge is 0.0959 e. The van der Waals surface area contributed by atoms with E-state index in [0.717, 1.165) is 51.4 Å². The predicted octanol–water partition coefficient (Wildman–Crippen LogP) is 2.77. The van der Waals surface area contributed by atoms with Crippen molar-refractivity contribution in [3.63, 3.8) is 0 Å². The molecule has 4 nitrogen and oxygen atoms in total. The molecule has 0 bridgehead atoms. The van der Waals surface area contributed by atoms with Gasteiger partial charge in [-0.15, -0.1) is 11.3 Å². The molecule has 2 unspecified atom stereocenters. The highest BCUT2D eigenvalue weighted by molar-refractivity contribution is 7.09. The Bertz CT molecular complexity index is 518. The molecule has 1 aliphatic heterocycles. The van der Waals surface area contributed by atoms with Crippen LogP contribution < -0.4 is 0 Å². The van der Waals surface area contributed by atoms with Crippen LogP contribution in [-0.4, -0.2) is 46.9 Å². The predicted molar refractivity (Wildman–Crippen MR) is 87.1 cm³/mol. The second-order valence-electron chi connectivity index (χ2n) is 7.16. The topological polar surface area (TPSA) is 45.6 Å². The number of hydrogen-bond acceptors (Lipinski definition) is 5. The Labute approximate surface area is 136 Å². The van der Waals surface area contributed by atoms with Gasteiger partial charge in [0, 0.05) is 36.3 Å².